The second-order valence-electron chi connectivity index (χ2n) is 4.79. The van der Waals surface area contributed by atoms with E-state index in [1.54, 1.807) is 0 Å². The number of likely N-dealkylation sites (N-methyl/N-ethyl adjacent to an activating group) is 1. The van der Waals surface area contributed by atoms with Gasteiger partial charge < -0.3 is 10.0 Å². The quantitative estimate of drug-likeness (QED) is 0.753. The third-order valence-electron chi connectivity index (χ3n) is 3.20. The first-order valence-electron chi connectivity index (χ1n) is 6.17. The summed E-state index contributed by atoms with van der Waals surface area (Å²) in [5.41, 5.74) is 0. The fourth-order valence-electron chi connectivity index (χ4n) is 2.18. The van der Waals surface area contributed by atoms with Gasteiger partial charge in [0.1, 0.15) is 6.04 Å². The van der Waals surface area contributed by atoms with Crippen LogP contribution in [0.5, 0.6) is 0 Å². The molecule has 1 heterocycles. The van der Waals surface area contributed by atoms with E-state index in [9.17, 15) is 18.0 Å². The Labute approximate surface area is 113 Å². The smallest absolute Gasteiger partial charge is 0.305 e. The Morgan fingerprint density at radius 2 is 2.00 bits per heavy atom. The zero-order valence-corrected chi connectivity index (χ0v) is 12.0. The monoisotopic (exact) mass is 292 g/mol. The number of carboxylic acids is 1. The summed E-state index contributed by atoms with van der Waals surface area (Å²) < 4.78 is 24.5. The van der Waals surface area contributed by atoms with Crippen molar-refractivity contribution < 1.29 is 23.1 Å². The molecule has 8 heteroatoms. The van der Waals surface area contributed by atoms with Crippen LogP contribution in [0.25, 0.3) is 0 Å². The van der Waals surface area contributed by atoms with Gasteiger partial charge >= 0.3 is 5.97 Å². The molecular formula is C11H20N2O5S. The molecule has 1 aliphatic rings. The lowest BCUT2D eigenvalue weighted by Crippen LogP contribution is -2.52. The zero-order valence-electron chi connectivity index (χ0n) is 11.2. The summed E-state index contributed by atoms with van der Waals surface area (Å²) in [5.74, 6) is -1.31. The van der Waals surface area contributed by atoms with Gasteiger partial charge in [-0.05, 0) is 12.8 Å². The van der Waals surface area contributed by atoms with Crippen molar-refractivity contribution in [3.05, 3.63) is 0 Å². The van der Waals surface area contributed by atoms with Crippen molar-refractivity contribution in [3.8, 4) is 0 Å². The second-order valence-corrected chi connectivity index (χ2v) is 6.72. The van der Waals surface area contributed by atoms with Crippen molar-refractivity contribution in [1.82, 2.24) is 9.21 Å². The number of aliphatic carboxylic acids is 1. The fourth-order valence-corrected chi connectivity index (χ4v) is 3.30. The molecule has 0 spiro atoms. The molecule has 1 fully saturated rings. The van der Waals surface area contributed by atoms with Crippen LogP contribution in [0.15, 0.2) is 0 Å². The molecule has 1 rings (SSSR count). The molecule has 0 bridgehead atoms. The van der Waals surface area contributed by atoms with Crippen LogP contribution in [0.3, 0.4) is 0 Å². The summed E-state index contributed by atoms with van der Waals surface area (Å²) >= 11 is 0. The lowest BCUT2D eigenvalue weighted by Gasteiger charge is -2.34. The number of rotatable bonds is 5. The van der Waals surface area contributed by atoms with Gasteiger partial charge in [0.2, 0.25) is 15.9 Å². The van der Waals surface area contributed by atoms with Crippen LogP contribution in [0, 0.1) is 0 Å². The Bertz CT molecular complexity index is 448. The predicted octanol–water partition coefficient (Wildman–Crippen LogP) is -0.266. The van der Waals surface area contributed by atoms with Crippen LogP contribution < -0.4 is 0 Å². The van der Waals surface area contributed by atoms with E-state index >= 15 is 0 Å². The molecule has 0 radical (unpaired) electrons. The Balaban J connectivity index is 2.74. The normalized spacial score (nSPS) is 21.1. The molecule has 19 heavy (non-hydrogen) atoms. The number of nitrogens with zero attached hydrogens (tertiary/aromatic N) is 2. The van der Waals surface area contributed by atoms with Gasteiger partial charge in [0.05, 0.1) is 12.7 Å². The lowest BCUT2D eigenvalue weighted by atomic mass is 10.0. The number of hydrogen-bond acceptors (Lipinski definition) is 4. The number of carboxylic acid groups (broad SMARTS) is 1. The lowest BCUT2D eigenvalue weighted by molar-refractivity contribution is -0.139. The van der Waals surface area contributed by atoms with Gasteiger partial charge in [-0.3, -0.25) is 9.59 Å². The van der Waals surface area contributed by atoms with Gasteiger partial charge in [-0.25, -0.2) is 8.42 Å². The minimum absolute atomic E-state index is 0.0856. The van der Waals surface area contributed by atoms with E-state index in [0.29, 0.717) is 13.0 Å². The SMILES string of the molecule is CN(CCC(=O)O)C(=O)[C@H]1CCCCN1S(C)(=O)=O. The van der Waals surface area contributed by atoms with Crippen molar-refractivity contribution in [2.24, 2.45) is 0 Å². The van der Waals surface area contributed by atoms with E-state index < -0.39 is 22.0 Å². The highest BCUT2D eigenvalue weighted by molar-refractivity contribution is 7.88. The fraction of sp³-hybridized carbons (Fsp3) is 0.818. The first-order chi connectivity index (χ1) is 8.73. The summed E-state index contributed by atoms with van der Waals surface area (Å²) in [4.78, 5) is 24.0. The first-order valence-corrected chi connectivity index (χ1v) is 8.02. The Morgan fingerprint density at radius 1 is 1.37 bits per heavy atom. The Kier molecular flexibility index (Phi) is 5.30. The van der Waals surface area contributed by atoms with Crippen LogP contribution in [0.1, 0.15) is 25.7 Å². The number of sulfonamides is 1. The van der Waals surface area contributed by atoms with Crippen molar-refractivity contribution in [2.75, 3.05) is 26.4 Å². The molecule has 0 saturated carbocycles. The maximum Gasteiger partial charge on any atom is 0.305 e. The molecule has 1 aliphatic heterocycles. The van der Waals surface area contributed by atoms with Crippen molar-refractivity contribution in [3.63, 3.8) is 0 Å². The van der Waals surface area contributed by atoms with Gasteiger partial charge in [0.25, 0.3) is 0 Å². The molecule has 0 aromatic carbocycles. The topological polar surface area (TPSA) is 95.0 Å². The largest absolute Gasteiger partial charge is 0.481 e. The highest BCUT2D eigenvalue weighted by Crippen LogP contribution is 2.21. The molecule has 1 amide bonds. The van der Waals surface area contributed by atoms with Gasteiger partial charge in [-0.1, -0.05) is 6.42 Å². The standard InChI is InChI=1S/C11H20N2O5S/c1-12(8-6-10(14)15)11(16)9-5-3-4-7-13(9)19(2,17)18/h9H,3-8H2,1-2H3,(H,14,15)/t9-/m1/s1. The molecular weight excluding hydrogens is 272 g/mol. The molecule has 110 valence electrons. The van der Waals surface area contributed by atoms with Gasteiger partial charge in [0, 0.05) is 20.1 Å². The Hall–Kier alpha value is -1.15. The molecule has 7 nitrogen and oxygen atoms in total. The number of hydrogen-bond donors (Lipinski definition) is 1. The van der Waals surface area contributed by atoms with Gasteiger partial charge in [-0.15, -0.1) is 0 Å². The molecule has 1 N–H and O–H groups in total. The second kappa shape index (κ2) is 6.33. The Morgan fingerprint density at radius 3 is 2.53 bits per heavy atom. The molecule has 0 aromatic rings. The summed E-state index contributed by atoms with van der Waals surface area (Å²) in [5, 5.41) is 8.59. The van der Waals surface area contributed by atoms with Crippen LogP contribution in [0.4, 0.5) is 0 Å². The van der Waals surface area contributed by atoms with E-state index in [-0.39, 0.29) is 18.9 Å². The maximum absolute atomic E-state index is 12.2. The van der Waals surface area contributed by atoms with Crippen molar-refractivity contribution >= 4 is 21.9 Å². The molecule has 1 saturated heterocycles. The average Bonchev–Trinajstić information content (AvgIpc) is 2.34. The summed E-state index contributed by atoms with van der Waals surface area (Å²) in [6, 6.07) is -0.692. The van der Waals surface area contributed by atoms with Gasteiger partial charge in [-0.2, -0.15) is 4.31 Å². The summed E-state index contributed by atoms with van der Waals surface area (Å²) in [7, 11) is -1.92. The number of carbonyl (C=O) groups is 2. The molecule has 0 unspecified atom stereocenters. The minimum Gasteiger partial charge on any atom is -0.481 e. The number of piperidine rings is 1. The molecule has 0 aliphatic carbocycles. The molecule has 1 atom stereocenters. The third-order valence-corrected chi connectivity index (χ3v) is 4.49. The summed E-state index contributed by atoms with van der Waals surface area (Å²) in [6.07, 6.45) is 2.98. The number of amides is 1. The van der Waals surface area contributed by atoms with E-state index in [2.05, 4.69) is 0 Å². The van der Waals surface area contributed by atoms with E-state index in [4.69, 9.17) is 5.11 Å². The van der Waals surface area contributed by atoms with Crippen LogP contribution in [-0.2, 0) is 19.6 Å². The van der Waals surface area contributed by atoms with E-state index in [1.165, 1.54) is 16.3 Å². The van der Waals surface area contributed by atoms with Crippen molar-refractivity contribution in [1.29, 1.82) is 0 Å². The highest BCUT2D eigenvalue weighted by Gasteiger charge is 2.35. The van der Waals surface area contributed by atoms with Crippen LogP contribution in [0.2, 0.25) is 0 Å². The average molecular weight is 292 g/mol. The van der Waals surface area contributed by atoms with Crippen LogP contribution >= 0.6 is 0 Å². The zero-order chi connectivity index (χ0) is 14.6. The maximum atomic E-state index is 12.2. The van der Waals surface area contributed by atoms with E-state index in [0.717, 1.165) is 19.1 Å². The summed E-state index contributed by atoms with van der Waals surface area (Å²) in [6.45, 7) is 0.435. The van der Waals surface area contributed by atoms with Crippen molar-refractivity contribution in [2.45, 2.75) is 31.7 Å². The third kappa shape index (κ3) is 4.46. The highest BCUT2D eigenvalue weighted by atomic mass is 32.2. The predicted molar refractivity (Wildman–Crippen MR) is 69.1 cm³/mol. The van der Waals surface area contributed by atoms with Crippen LogP contribution in [-0.4, -0.2) is 67.0 Å². The molecule has 0 aromatic heterocycles. The minimum atomic E-state index is -3.42. The van der Waals surface area contributed by atoms with Gasteiger partial charge in [0.15, 0.2) is 0 Å². The number of carbonyl (C=O) groups excluding carboxylic acids is 1. The first kappa shape index (κ1) is 15.9. The van der Waals surface area contributed by atoms with E-state index in [1.807, 2.05) is 0 Å².